The lowest BCUT2D eigenvalue weighted by molar-refractivity contribution is -0.384. The molecule has 1 fully saturated rings. The first kappa shape index (κ1) is 24.5. The molecule has 0 saturated carbocycles. The summed E-state index contributed by atoms with van der Waals surface area (Å²) in [5.74, 6) is 0.791. The van der Waals surface area contributed by atoms with Gasteiger partial charge < -0.3 is 15.5 Å². The molecule has 0 radical (unpaired) electrons. The first-order valence-electron chi connectivity index (χ1n) is 10.1. The summed E-state index contributed by atoms with van der Waals surface area (Å²) in [7, 11) is 0. The number of rotatable bonds is 7. The van der Waals surface area contributed by atoms with Crippen molar-refractivity contribution in [3.63, 3.8) is 0 Å². The van der Waals surface area contributed by atoms with Crippen molar-refractivity contribution in [3.8, 4) is 0 Å². The number of benzene rings is 1. The van der Waals surface area contributed by atoms with Crippen molar-refractivity contribution in [1.29, 1.82) is 0 Å². The molecule has 1 aliphatic heterocycles. The van der Waals surface area contributed by atoms with Gasteiger partial charge in [0.1, 0.15) is 0 Å². The largest absolute Gasteiger partial charge is 0.354 e. The lowest BCUT2D eigenvalue weighted by Gasteiger charge is -2.35. The van der Waals surface area contributed by atoms with Crippen LogP contribution < -0.4 is 10.6 Å². The third kappa shape index (κ3) is 7.51. The van der Waals surface area contributed by atoms with E-state index in [0.717, 1.165) is 44.0 Å². The number of hydrogen-bond acceptors (Lipinski definition) is 5. The van der Waals surface area contributed by atoms with E-state index < -0.39 is 0 Å². The molecular formula is C21H30IN5O2S. The molecule has 3 rings (SSSR count). The van der Waals surface area contributed by atoms with Crippen molar-refractivity contribution < 1.29 is 4.92 Å². The molecule has 30 heavy (non-hydrogen) atoms. The van der Waals surface area contributed by atoms with E-state index in [-0.39, 0.29) is 34.6 Å². The first-order valence-corrected chi connectivity index (χ1v) is 10.9. The van der Waals surface area contributed by atoms with E-state index in [1.807, 2.05) is 6.07 Å². The molecule has 1 aromatic carbocycles. The van der Waals surface area contributed by atoms with Gasteiger partial charge in [0.2, 0.25) is 0 Å². The third-order valence-corrected chi connectivity index (χ3v) is 6.05. The number of nitrogens with zero attached hydrogens (tertiary/aromatic N) is 3. The summed E-state index contributed by atoms with van der Waals surface area (Å²) < 4.78 is 0. The minimum Gasteiger partial charge on any atom is -0.354 e. The fourth-order valence-corrected chi connectivity index (χ4v) is 4.03. The van der Waals surface area contributed by atoms with Gasteiger partial charge >= 0.3 is 0 Å². The van der Waals surface area contributed by atoms with E-state index in [2.05, 4.69) is 40.8 Å². The van der Waals surface area contributed by atoms with Crippen LogP contribution in [-0.4, -0.2) is 41.0 Å². The highest BCUT2D eigenvalue weighted by Gasteiger charge is 2.21. The fraction of sp³-hybridized carbons (Fsp3) is 0.476. The maximum atomic E-state index is 10.8. The van der Waals surface area contributed by atoms with Crippen molar-refractivity contribution in [2.75, 3.05) is 13.1 Å². The van der Waals surface area contributed by atoms with Gasteiger partial charge in [0.05, 0.1) is 18.0 Å². The van der Waals surface area contributed by atoms with Crippen LogP contribution in [0.4, 0.5) is 5.69 Å². The number of piperidine rings is 1. The molecule has 1 saturated heterocycles. The molecule has 2 aromatic rings. The van der Waals surface area contributed by atoms with Crippen molar-refractivity contribution in [2.24, 2.45) is 4.99 Å². The van der Waals surface area contributed by atoms with Gasteiger partial charge in [-0.1, -0.05) is 18.2 Å². The third-order valence-electron chi connectivity index (χ3n) is 5.18. The lowest BCUT2D eigenvalue weighted by atomic mass is 10.0. The zero-order valence-electron chi connectivity index (χ0n) is 17.4. The molecule has 0 bridgehead atoms. The van der Waals surface area contributed by atoms with E-state index >= 15 is 0 Å². The van der Waals surface area contributed by atoms with Gasteiger partial charge in [-0.2, -0.15) is 0 Å². The summed E-state index contributed by atoms with van der Waals surface area (Å²) in [5.41, 5.74) is 1.05. The lowest BCUT2D eigenvalue weighted by Crippen LogP contribution is -2.49. The molecular weight excluding hydrogens is 513 g/mol. The average Bonchev–Trinajstić information content (AvgIpc) is 3.24. The molecule has 0 aliphatic carbocycles. The number of hydrogen-bond donors (Lipinski definition) is 2. The van der Waals surface area contributed by atoms with Gasteiger partial charge in [-0.25, -0.2) is 4.99 Å². The van der Waals surface area contributed by atoms with Crippen LogP contribution in [0.25, 0.3) is 0 Å². The van der Waals surface area contributed by atoms with E-state index in [1.165, 1.54) is 17.0 Å². The minimum absolute atomic E-state index is 0. The van der Waals surface area contributed by atoms with E-state index in [1.54, 1.807) is 23.5 Å². The number of halogens is 1. The van der Waals surface area contributed by atoms with Crippen LogP contribution in [0, 0.1) is 10.1 Å². The van der Waals surface area contributed by atoms with E-state index in [4.69, 9.17) is 4.99 Å². The van der Waals surface area contributed by atoms with Crippen LogP contribution in [0.3, 0.4) is 0 Å². The summed E-state index contributed by atoms with van der Waals surface area (Å²) >= 11 is 1.72. The van der Waals surface area contributed by atoms with E-state index in [0.29, 0.717) is 18.6 Å². The molecule has 0 amide bonds. The number of thiophene rings is 1. The molecule has 164 valence electrons. The van der Waals surface area contributed by atoms with Crippen molar-refractivity contribution in [1.82, 2.24) is 15.5 Å². The van der Waals surface area contributed by atoms with Crippen LogP contribution in [0.2, 0.25) is 0 Å². The molecule has 0 unspecified atom stereocenters. The van der Waals surface area contributed by atoms with E-state index in [9.17, 15) is 10.1 Å². The Bertz CT molecular complexity index is 803. The van der Waals surface area contributed by atoms with Crippen molar-refractivity contribution >= 4 is 47.0 Å². The zero-order valence-corrected chi connectivity index (χ0v) is 20.6. The molecule has 0 spiro atoms. The number of aliphatic imine (C=N–C) groups is 1. The SMILES string of the molecule is CC(C)N1CCC(NC(=NCc2ccc([N+](=O)[O-])cc2)NCc2cccs2)CC1.I. The first-order chi connectivity index (χ1) is 14.0. The van der Waals surface area contributed by atoms with Gasteiger partial charge in [0.25, 0.3) is 5.69 Å². The molecule has 2 N–H and O–H groups in total. The summed E-state index contributed by atoms with van der Waals surface area (Å²) in [5, 5.41) is 19.9. The Labute approximate surface area is 199 Å². The summed E-state index contributed by atoms with van der Waals surface area (Å²) in [6.45, 7) is 7.88. The van der Waals surface area contributed by atoms with Crippen LogP contribution in [-0.2, 0) is 13.1 Å². The number of non-ortho nitro benzene ring substituents is 1. The second kappa shape index (κ2) is 12.2. The Morgan fingerprint density at radius 1 is 1.27 bits per heavy atom. The summed E-state index contributed by atoms with van der Waals surface area (Å²) in [6, 6.07) is 11.7. The normalized spacial score (nSPS) is 15.6. The monoisotopic (exact) mass is 543 g/mol. The molecule has 7 nitrogen and oxygen atoms in total. The fourth-order valence-electron chi connectivity index (χ4n) is 3.38. The number of nitrogens with one attached hydrogen (secondary N) is 2. The topological polar surface area (TPSA) is 82.8 Å². The minimum atomic E-state index is -0.383. The highest BCUT2D eigenvalue weighted by molar-refractivity contribution is 14.0. The average molecular weight is 543 g/mol. The molecule has 9 heteroatoms. The van der Waals surface area contributed by atoms with Gasteiger partial charge in [-0.15, -0.1) is 35.3 Å². The Kier molecular flexibility index (Phi) is 9.99. The van der Waals surface area contributed by atoms with Crippen molar-refractivity contribution in [3.05, 3.63) is 62.3 Å². The van der Waals surface area contributed by atoms with Crippen LogP contribution in [0.1, 0.15) is 37.1 Å². The highest BCUT2D eigenvalue weighted by atomic mass is 127. The maximum absolute atomic E-state index is 10.8. The number of guanidine groups is 1. The predicted octanol–water partition coefficient (Wildman–Crippen LogP) is 4.38. The summed E-state index contributed by atoms with van der Waals surface area (Å²) in [6.07, 6.45) is 2.19. The predicted molar refractivity (Wildman–Crippen MR) is 134 cm³/mol. The molecule has 2 heterocycles. The van der Waals surface area contributed by atoms with Crippen LogP contribution in [0.15, 0.2) is 46.8 Å². The number of nitro groups is 1. The second-order valence-corrected chi connectivity index (χ2v) is 8.60. The number of likely N-dealkylation sites (tertiary alicyclic amines) is 1. The Balaban J connectivity index is 0.00000320. The molecule has 1 aliphatic rings. The van der Waals surface area contributed by atoms with Gasteiger partial charge in [0, 0.05) is 42.2 Å². The number of nitro benzene ring substituents is 1. The quantitative estimate of drug-likeness (QED) is 0.178. The smallest absolute Gasteiger partial charge is 0.269 e. The van der Waals surface area contributed by atoms with Gasteiger partial charge in [0.15, 0.2) is 5.96 Å². The molecule has 1 aromatic heterocycles. The molecule has 0 atom stereocenters. The van der Waals surface area contributed by atoms with Crippen LogP contribution >= 0.6 is 35.3 Å². The Hall–Kier alpha value is -1.72. The highest BCUT2D eigenvalue weighted by Crippen LogP contribution is 2.14. The van der Waals surface area contributed by atoms with Crippen LogP contribution in [0.5, 0.6) is 0 Å². The van der Waals surface area contributed by atoms with Gasteiger partial charge in [-0.05, 0) is 43.7 Å². The van der Waals surface area contributed by atoms with Crippen molar-refractivity contribution in [2.45, 2.75) is 51.9 Å². The summed E-state index contributed by atoms with van der Waals surface area (Å²) in [4.78, 5) is 18.9. The second-order valence-electron chi connectivity index (χ2n) is 7.57. The zero-order chi connectivity index (χ0) is 20.6. The standard InChI is InChI=1S/C21H29N5O2S.HI/c1-16(2)25-11-9-18(10-12-25)24-21(23-15-20-4-3-13-29-20)22-14-17-5-7-19(8-6-17)26(27)28;/h3-8,13,16,18H,9-12,14-15H2,1-2H3,(H2,22,23,24);1H. The Morgan fingerprint density at radius 2 is 1.97 bits per heavy atom. The maximum Gasteiger partial charge on any atom is 0.269 e. The van der Waals surface area contributed by atoms with Gasteiger partial charge in [-0.3, -0.25) is 10.1 Å². The Morgan fingerprint density at radius 3 is 2.53 bits per heavy atom.